The van der Waals surface area contributed by atoms with Crippen LogP contribution in [-0.2, 0) is 0 Å². The summed E-state index contributed by atoms with van der Waals surface area (Å²) >= 11 is 0. The van der Waals surface area contributed by atoms with E-state index in [-0.39, 0.29) is 0 Å². The van der Waals surface area contributed by atoms with Gasteiger partial charge in [0.1, 0.15) is 0 Å². The van der Waals surface area contributed by atoms with Gasteiger partial charge in [0.05, 0.1) is 0 Å². The van der Waals surface area contributed by atoms with Gasteiger partial charge in [-0.15, -0.1) is 6.58 Å². The van der Waals surface area contributed by atoms with Crippen molar-refractivity contribution in [3.05, 3.63) is 37.0 Å². The topological polar surface area (TPSA) is 0 Å². The van der Waals surface area contributed by atoms with Crippen LogP contribution < -0.4 is 0 Å². The van der Waals surface area contributed by atoms with Crippen LogP contribution in [0.15, 0.2) is 37.0 Å². The highest BCUT2D eigenvalue weighted by Gasteiger charge is 2.42. The Morgan fingerprint density at radius 1 is 1.50 bits per heavy atom. The zero-order chi connectivity index (χ0) is 8.44. The fraction of sp³-hybridized carbons (Fsp3) is 0.500. The molecular weight excluding hydrogens is 144 g/mol. The standard InChI is InChI=1S/C12H16/c1-2-3-8-12-9-5-4-6-11(12)7-10-12/h2,4-6,9,11H,1,3,7-8,10H2. The summed E-state index contributed by atoms with van der Waals surface area (Å²) in [7, 11) is 0. The Balaban J connectivity index is 2.05. The summed E-state index contributed by atoms with van der Waals surface area (Å²) in [5.41, 5.74) is 0.531. The molecule has 0 heteroatoms. The van der Waals surface area contributed by atoms with E-state index >= 15 is 0 Å². The van der Waals surface area contributed by atoms with E-state index in [1.807, 2.05) is 6.08 Å². The van der Waals surface area contributed by atoms with Crippen LogP contribution >= 0.6 is 0 Å². The first-order chi connectivity index (χ1) is 5.87. The van der Waals surface area contributed by atoms with Crippen molar-refractivity contribution in [2.75, 3.05) is 0 Å². The van der Waals surface area contributed by atoms with E-state index in [0.29, 0.717) is 5.41 Å². The van der Waals surface area contributed by atoms with E-state index in [0.717, 1.165) is 12.3 Å². The zero-order valence-electron chi connectivity index (χ0n) is 7.50. The minimum Gasteiger partial charge on any atom is -0.103 e. The van der Waals surface area contributed by atoms with Crippen LogP contribution in [0.2, 0.25) is 0 Å². The molecule has 12 heavy (non-hydrogen) atoms. The molecule has 2 aliphatic carbocycles. The minimum absolute atomic E-state index is 0.531. The summed E-state index contributed by atoms with van der Waals surface area (Å²) in [5, 5.41) is 0. The smallest absolute Gasteiger partial charge is 0.00491 e. The van der Waals surface area contributed by atoms with Gasteiger partial charge in [0, 0.05) is 0 Å². The molecule has 2 aliphatic rings. The molecule has 0 aliphatic heterocycles. The maximum atomic E-state index is 3.78. The molecule has 1 saturated carbocycles. The van der Waals surface area contributed by atoms with Crippen LogP contribution in [0.1, 0.15) is 25.7 Å². The van der Waals surface area contributed by atoms with Gasteiger partial charge < -0.3 is 0 Å². The molecule has 2 rings (SSSR count). The van der Waals surface area contributed by atoms with Crippen LogP contribution in [0.3, 0.4) is 0 Å². The average molecular weight is 160 g/mol. The van der Waals surface area contributed by atoms with E-state index in [2.05, 4.69) is 30.9 Å². The molecule has 1 fully saturated rings. The minimum atomic E-state index is 0.531. The van der Waals surface area contributed by atoms with Gasteiger partial charge in [-0.2, -0.15) is 0 Å². The average Bonchev–Trinajstić information content (AvgIpc) is 2.06. The van der Waals surface area contributed by atoms with Crippen molar-refractivity contribution in [1.29, 1.82) is 0 Å². The van der Waals surface area contributed by atoms with Gasteiger partial charge in [0.15, 0.2) is 0 Å². The SMILES string of the molecule is C=CCCC12C=CC=CC1CC2. The quantitative estimate of drug-likeness (QED) is 0.554. The number of hydrogen-bond donors (Lipinski definition) is 0. The molecule has 0 radical (unpaired) electrons. The van der Waals surface area contributed by atoms with E-state index in [9.17, 15) is 0 Å². The van der Waals surface area contributed by atoms with Crippen LogP contribution in [-0.4, -0.2) is 0 Å². The molecule has 0 N–H and O–H groups in total. The Labute approximate surface area is 74.7 Å². The maximum absolute atomic E-state index is 3.78. The van der Waals surface area contributed by atoms with E-state index in [4.69, 9.17) is 0 Å². The number of rotatable bonds is 3. The van der Waals surface area contributed by atoms with Crippen LogP contribution in [0.5, 0.6) is 0 Å². The molecule has 2 unspecified atom stereocenters. The highest BCUT2D eigenvalue weighted by Crippen LogP contribution is 2.53. The highest BCUT2D eigenvalue weighted by molar-refractivity contribution is 5.24. The van der Waals surface area contributed by atoms with Crippen molar-refractivity contribution in [3.8, 4) is 0 Å². The summed E-state index contributed by atoms with van der Waals surface area (Å²) in [6.07, 6.45) is 16.4. The predicted molar refractivity (Wildman–Crippen MR) is 52.9 cm³/mol. The van der Waals surface area contributed by atoms with Crippen molar-refractivity contribution in [3.63, 3.8) is 0 Å². The molecule has 0 nitrogen and oxygen atoms in total. The van der Waals surface area contributed by atoms with E-state index < -0.39 is 0 Å². The third kappa shape index (κ3) is 1.06. The van der Waals surface area contributed by atoms with Gasteiger partial charge in [0.2, 0.25) is 0 Å². The Kier molecular flexibility index (Phi) is 1.92. The van der Waals surface area contributed by atoms with Gasteiger partial charge >= 0.3 is 0 Å². The lowest BCUT2D eigenvalue weighted by atomic mass is 9.56. The lowest BCUT2D eigenvalue weighted by Crippen LogP contribution is -2.38. The zero-order valence-corrected chi connectivity index (χ0v) is 7.50. The fourth-order valence-corrected chi connectivity index (χ4v) is 2.39. The number of allylic oxidation sites excluding steroid dienone is 5. The van der Waals surface area contributed by atoms with Gasteiger partial charge in [-0.1, -0.05) is 30.4 Å². The first-order valence-electron chi connectivity index (χ1n) is 4.84. The van der Waals surface area contributed by atoms with Crippen molar-refractivity contribution >= 4 is 0 Å². The summed E-state index contributed by atoms with van der Waals surface area (Å²) < 4.78 is 0. The number of fused-ring (bicyclic) bond motifs is 1. The Hall–Kier alpha value is -0.780. The monoisotopic (exact) mass is 160 g/mol. The van der Waals surface area contributed by atoms with Gasteiger partial charge in [-0.25, -0.2) is 0 Å². The second kappa shape index (κ2) is 2.93. The molecule has 0 spiro atoms. The molecule has 0 bridgehead atoms. The van der Waals surface area contributed by atoms with Crippen LogP contribution in [0, 0.1) is 11.3 Å². The second-order valence-corrected chi connectivity index (χ2v) is 3.95. The third-order valence-corrected chi connectivity index (χ3v) is 3.36. The van der Waals surface area contributed by atoms with Gasteiger partial charge in [-0.05, 0) is 37.0 Å². The molecule has 0 saturated heterocycles. The van der Waals surface area contributed by atoms with E-state index in [1.165, 1.54) is 19.3 Å². The summed E-state index contributed by atoms with van der Waals surface area (Å²) in [5.74, 6) is 0.836. The maximum Gasteiger partial charge on any atom is -0.00491 e. The molecule has 0 aromatic heterocycles. The normalized spacial score (nSPS) is 37.2. The van der Waals surface area contributed by atoms with Crippen molar-refractivity contribution in [2.24, 2.45) is 11.3 Å². The second-order valence-electron chi connectivity index (χ2n) is 3.95. The fourth-order valence-electron chi connectivity index (χ4n) is 2.39. The Morgan fingerprint density at radius 3 is 3.00 bits per heavy atom. The Morgan fingerprint density at radius 2 is 2.42 bits per heavy atom. The molecule has 2 atom stereocenters. The lowest BCUT2D eigenvalue weighted by Gasteiger charge is -2.48. The van der Waals surface area contributed by atoms with Gasteiger partial charge in [-0.3, -0.25) is 0 Å². The van der Waals surface area contributed by atoms with Crippen LogP contribution in [0.4, 0.5) is 0 Å². The van der Waals surface area contributed by atoms with Crippen LogP contribution in [0.25, 0.3) is 0 Å². The summed E-state index contributed by atoms with van der Waals surface area (Å²) in [6, 6.07) is 0. The molecular formula is C12H16. The molecule has 0 heterocycles. The highest BCUT2D eigenvalue weighted by atomic mass is 14.5. The molecule has 0 amide bonds. The van der Waals surface area contributed by atoms with Crippen molar-refractivity contribution in [2.45, 2.75) is 25.7 Å². The van der Waals surface area contributed by atoms with Gasteiger partial charge in [0.25, 0.3) is 0 Å². The molecule has 0 aromatic rings. The molecule has 64 valence electrons. The van der Waals surface area contributed by atoms with Crippen molar-refractivity contribution < 1.29 is 0 Å². The first-order valence-corrected chi connectivity index (χ1v) is 4.84. The third-order valence-electron chi connectivity index (χ3n) is 3.36. The molecule has 0 aromatic carbocycles. The largest absolute Gasteiger partial charge is 0.103 e. The van der Waals surface area contributed by atoms with Crippen molar-refractivity contribution in [1.82, 2.24) is 0 Å². The van der Waals surface area contributed by atoms with E-state index in [1.54, 1.807) is 0 Å². The summed E-state index contributed by atoms with van der Waals surface area (Å²) in [4.78, 5) is 0. The number of hydrogen-bond acceptors (Lipinski definition) is 0. The summed E-state index contributed by atoms with van der Waals surface area (Å²) in [6.45, 7) is 3.78. The first kappa shape index (κ1) is 7.85. The Bertz CT molecular complexity index is 234. The lowest BCUT2D eigenvalue weighted by molar-refractivity contribution is 0.113. The predicted octanol–water partition coefficient (Wildman–Crippen LogP) is 3.48.